The van der Waals surface area contributed by atoms with Gasteiger partial charge in [0.05, 0.1) is 34.7 Å². The van der Waals surface area contributed by atoms with Crippen molar-refractivity contribution in [1.29, 1.82) is 0 Å². The number of ether oxygens (including phenoxy) is 1. The Labute approximate surface area is 301 Å². The molecular weight excluding hydrogens is 707 g/mol. The maximum Gasteiger partial charge on any atom is 0.332 e. The molecule has 1 saturated heterocycles. The number of nitrogens with one attached hydrogen (secondary N) is 3. The van der Waals surface area contributed by atoms with E-state index in [0.29, 0.717) is 58.5 Å². The van der Waals surface area contributed by atoms with Crippen LogP contribution in [0.1, 0.15) is 44.6 Å². The molecule has 0 bridgehead atoms. The Hall–Kier alpha value is -4.99. The number of amides is 1. The van der Waals surface area contributed by atoms with Gasteiger partial charge in [-0.25, -0.2) is 28.5 Å². The summed E-state index contributed by atoms with van der Waals surface area (Å²) in [5.74, 6) is -0.779. The highest BCUT2D eigenvalue weighted by molar-refractivity contribution is 6.39. The second-order valence-corrected chi connectivity index (χ2v) is 12.0. The Morgan fingerprint density at radius 2 is 1.67 bits per heavy atom. The molecule has 1 unspecified atom stereocenters. The summed E-state index contributed by atoms with van der Waals surface area (Å²) in [4.78, 5) is 54.0. The number of aromatic nitrogens is 6. The van der Waals surface area contributed by atoms with Crippen LogP contribution in [0.3, 0.4) is 0 Å². The summed E-state index contributed by atoms with van der Waals surface area (Å²) < 4.78 is 35.0. The zero-order valence-corrected chi connectivity index (χ0v) is 29.9. The zero-order valence-electron chi connectivity index (χ0n) is 28.4. The zero-order chi connectivity index (χ0) is 37.0. The molecule has 51 heavy (non-hydrogen) atoms. The van der Waals surface area contributed by atoms with Gasteiger partial charge >= 0.3 is 5.69 Å². The Morgan fingerprint density at radius 1 is 0.980 bits per heavy atom. The average Bonchev–Trinajstić information content (AvgIpc) is 3.56. The molecular formula is C34H35Cl2F2N9O4. The minimum atomic E-state index is -3.08. The predicted octanol–water partition coefficient (Wildman–Crippen LogP) is 5.54. The van der Waals surface area contributed by atoms with Gasteiger partial charge < -0.3 is 20.7 Å². The van der Waals surface area contributed by atoms with E-state index in [0.717, 1.165) is 15.6 Å². The van der Waals surface area contributed by atoms with E-state index in [4.69, 9.17) is 27.9 Å². The molecule has 268 valence electrons. The monoisotopic (exact) mass is 741 g/mol. The molecule has 3 aromatic heterocycles. The molecule has 2 aromatic carbocycles. The minimum Gasteiger partial charge on any atom is -0.480 e. The van der Waals surface area contributed by atoms with Crippen molar-refractivity contribution < 1.29 is 18.3 Å². The fraction of sp³-hybridized carbons (Fsp3) is 0.324. The summed E-state index contributed by atoms with van der Waals surface area (Å²) in [7, 11) is 4.08. The molecule has 1 aliphatic heterocycles. The number of halogens is 4. The molecule has 1 aliphatic rings. The smallest absolute Gasteiger partial charge is 0.332 e. The van der Waals surface area contributed by atoms with Gasteiger partial charge in [0.15, 0.2) is 11.5 Å². The highest BCUT2D eigenvalue weighted by Gasteiger charge is 2.24. The van der Waals surface area contributed by atoms with Crippen molar-refractivity contribution in [1.82, 2.24) is 39.7 Å². The molecule has 3 N–H and O–H groups in total. The SMILES string of the molecule is CC.COc1nc(-c2cccc(-c3cccc(Nc4nc(C(F)F)nc5c4c(=O)n(C)c(=O)n5C)c3Cl)c2Cl)cnc1CNCC1CCC(=O)N1. The molecule has 6 rings (SSSR count). The van der Waals surface area contributed by atoms with Crippen molar-refractivity contribution in [3.8, 4) is 28.3 Å². The minimum absolute atomic E-state index is 0.0425. The molecule has 0 saturated carbocycles. The predicted molar refractivity (Wildman–Crippen MR) is 192 cm³/mol. The first-order valence-electron chi connectivity index (χ1n) is 16.0. The first-order valence-corrected chi connectivity index (χ1v) is 16.7. The van der Waals surface area contributed by atoms with Gasteiger partial charge in [0.1, 0.15) is 16.9 Å². The van der Waals surface area contributed by atoms with E-state index in [-0.39, 0.29) is 39.5 Å². The number of rotatable bonds is 10. The summed E-state index contributed by atoms with van der Waals surface area (Å²) >= 11 is 13.8. The van der Waals surface area contributed by atoms with E-state index in [1.807, 2.05) is 13.8 Å². The number of hydrogen-bond donors (Lipinski definition) is 3. The van der Waals surface area contributed by atoms with Gasteiger partial charge in [-0.2, -0.15) is 0 Å². The number of benzene rings is 2. The summed E-state index contributed by atoms with van der Waals surface area (Å²) in [5, 5.41) is 9.37. The van der Waals surface area contributed by atoms with Crippen LogP contribution in [0.4, 0.5) is 20.3 Å². The second kappa shape index (κ2) is 15.9. The van der Waals surface area contributed by atoms with E-state index in [9.17, 15) is 23.2 Å². The lowest BCUT2D eigenvalue weighted by Gasteiger charge is -2.16. The molecule has 0 aliphatic carbocycles. The van der Waals surface area contributed by atoms with Crippen LogP contribution in [0.15, 0.2) is 52.2 Å². The molecule has 13 nitrogen and oxygen atoms in total. The number of fused-ring (bicyclic) bond motifs is 1. The highest BCUT2D eigenvalue weighted by Crippen LogP contribution is 2.42. The van der Waals surface area contributed by atoms with Crippen LogP contribution in [0, 0.1) is 0 Å². The lowest BCUT2D eigenvalue weighted by molar-refractivity contribution is -0.119. The quantitative estimate of drug-likeness (QED) is 0.166. The van der Waals surface area contributed by atoms with Crippen molar-refractivity contribution in [2.45, 2.75) is 45.7 Å². The van der Waals surface area contributed by atoms with E-state index < -0.39 is 23.5 Å². The van der Waals surface area contributed by atoms with Crippen molar-refractivity contribution in [2.24, 2.45) is 14.1 Å². The normalized spacial score (nSPS) is 14.0. The summed E-state index contributed by atoms with van der Waals surface area (Å²) in [6.45, 7) is 4.95. The van der Waals surface area contributed by atoms with Crippen LogP contribution in [0.2, 0.25) is 10.0 Å². The number of carbonyl (C=O) groups excluding carboxylic acids is 1. The standard InChI is InChI=1S/C32H29Cl2F2N9O4.C2H6/c1-44-29-23(31(47)45(2)32(44)48)27(42-28(43-29)26(35)36)40-19-9-5-7-17(25(19)34)16-6-4-8-18(24(16)33)20-14-38-21(30(41-20)49-3)13-37-12-15-10-11-22(46)39-15;1-2/h4-9,14-15,26,37H,10-13H2,1-3H3,(H,39,46)(H,40,42,43);1-2H3. The Morgan fingerprint density at radius 3 is 2.33 bits per heavy atom. The third-order valence-corrected chi connectivity index (χ3v) is 8.92. The third kappa shape index (κ3) is 7.55. The molecule has 1 fully saturated rings. The van der Waals surface area contributed by atoms with Gasteiger partial charge in [0.25, 0.3) is 12.0 Å². The average molecular weight is 743 g/mol. The van der Waals surface area contributed by atoms with Crippen molar-refractivity contribution in [3.05, 3.63) is 85.0 Å². The largest absolute Gasteiger partial charge is 0.480 e. The maximum absolute atomic E-state index is 13.8. The van der Waals surface area contributed by atoms with E-state index in [1.165, 1.54) is 21.2 Å². The Balaban J connectivity index is 0.00000248. The Bertz CT molecular complexity index is 2230. The van der Waals surface area contributed by atoms with Crippen LogP contribution >= 0.6 is 23.2 Å². The lowest BCUT2D eigenvalue weighted by atomic mass is 10.0. The van der Waals surface area contributed by atoms with Crippen LogP contribution in [-0.4, -0.2) is 54.7 Å². The van der Waals surface area contributed by atoms with Crippen LogP contribution in [-0.2, 0) is 25.4 Å². The van der Waals surface area contributed by atoms with E-state index >= 15 is 0 Å². The first kappa shape index (κ1) is 37.3. The number of hydrogen-bond acceptors (Lipinski definition) is 10. The van der Waals surface area contributed by atoms with Gasteiger partial charge in [-0.05, 0) is 12.5 Å². The molecule has 1 atom stereocenters. The van der Waals surface area contributed by atoms with E-state index in [1.54, 1.807) is 42.6 Å². The molecule has 5 aromatic rings. The van der Waals surface area contributed by atoms with Crippen LogP contribution in [0.25, 0.3) is 33.4 Å². The number of methoxy groups -OCH3 is 1. The molecule has 4 heterocycles. The van der Waals surface area contributed by atoms with Crippen molar-refractivity contribution in [2.75, 3.05) is 19.0 Å². The van der Waals surface area contributed by atoms with Gasteiger partial charge in [-0.3, -0.25) is 23.7 Å². The topological polar surface area (TPSA) is 158 Å². The van der Waals surface area contributed by atoms with Gasteiger partial charge in [-0.15, -0.1) is 0 Å². The summed E-state index contributed by atoms with van der Waals surface area (Å²) in [6.07, 6.45) is -0.219. The summed E-state index contributed by atoms with van der Waals surface area (Å²) in [6, 6.07) is 10.3. The van der Waals surface area contributed by atoms with Gasteiger partial charge in [0.2, 0.25) is 11.8 Å². The molecule has 17 heteroatoms. The lowest BCUT2D eigenvalue weighted by Crippen LogP contribution is -2.38. The number of carbonyl (C=O) groups is 1. The van der Waals surface area contributed by atoms with Crippen LogP contribution < -0.4 is 31.9 Å². The van der Waals surface area contributed by atoms with Gasteiger partial charge in [-0.1, -0.05) is 67.4 Å². The van der Waals surface area contributed by atoms with Gasteiger partial charge in [0, 0.05) is 56.3 Å². The van der Waals surface area contributed by atoms with E-state index in [2.05, 4.69) is 35.9 Å². The fourth-order valence-corrected chi connectivity index (χ4v) is 6.17. The second-order valence-electron chi connectivity index (χ2n) is 11.2. The van der Waals surface area contributed by atoms with Crippen LogP contribution in [0.5, 0.6) is 5.88 Å². The molecule has 1 amide bonds. The maximum atomic E-state index is 13.8. The number of alkyl halides is 2. The number of nitrogens with zero attached hydrogens (tertiary/aromatic N) is 6. The van der Waals surface area contributed by atoms with Crippen molar-refractivity contribution in [3.63, 3.8) is 0 Å². The number of anilines is 2. The molecule has 0 radical (unpaired) electrons. The highest BCUT2D eigenvalue weighted by atomic mass is 35.5. The summed E-state index contributed by atoms with van der Waals surface area (Å²) in [5.41, 5.74) is 1.02. The number of aryl methyl sites for hydroxylation is 1. The van der Waals surface area contributed by atoms with Crippen molar-refractivity contribution >= 4 is 51.6 Å². The third-order valence-electron chi connectivity index (χ3n) is 8.10. The first-order chi connectivity index (χ1) is 24.5. The fourth-order valence-electron chi connectivity index (χ4n) is 5.57. The molecule has 0 spiro atoms. The Kier molecular flexibility index (Phi) is 11.6.